The van der Waals surface area contributed by atoms with Crippen LogP contribution in [0.1, 0.15) is 6.42 Å². The van der Waals surface area contributed by atoms with Gasteiger partial charge in [0.25, 0.3) is 11.1 Å². The molecule has 0 saturated carbocycles. The fraction of sp³-hybridized carbons (Fsp3) is 0.400. The fourth-order valence-corrected chi connectivity index (χ4v) is 3.96. The monoisotopic (exact) mass is 388 g/mol. The number of benzene rings is 1. The molecule has 0 N–H and O–H groups in total. The number of ether oxygens (including phenoxy) is 1. The summed E-state index contributed by atoms with van der Waals surface area (Å²) in [4.78, 5) is 38.6. The summed E-state index contributed by atoms with van der Waals surface area (Å²) < 4.78 is 5.44. The zero-order chi connectivity index (χ0) is 17.3. The van der Waals surface area contributed by atoms with Gasteiger partial charge in [0.15, 0.2) is 6.61 Å². The first-order valence-corrected chi connectivity index (χ1v) is 9.04. The molecule has 2 aliphatic rings. The lowest BCUT2D eigenvalue weighted by atomic mass is 10.2. The Bertz CT molecular complexity index is 684. The Labute approximate surface area is 153 Å². The minimum Gasteiger partial charge on any atom is -0.482 e. The zero-order valence-corrected chi connectivity index (χ0v) is 14.9. The van der Waals surface area contributed by atoms with Crippen LogP contribution in [0, 0.1) is 0 Å². The average molecular weight is 389 g/mol. The van der Waals surface area contributed by atoms with E-state index in [1.54, 1.807) is 17.0 Å². The Hall–Kier alpha value is -1.44. The molecule has 1 unspecified atom stereocenters. The van der Waals surface area contributed by atoms with Gasteiger partial charge in [-0.05, 0) is 24.6 Å². The number of imide groups is 1. The molecule has 0 radical (unpaired) electrons. The van der Waals surface area contributed by atoms with E-state index in [1.165, 1.54) is 11.0 Å². The van der Waals surface area contributed by atoms with E-state index in [0.717, 1.165) is 11.8 Å². The highest BCUT2D eigenvalue weighted by Crippen LogP contribution is 2.28. The summed E-state index contributed by atoms with van der Waals surface area (Å²) in [5.41, 5.74) is 0. The summed E-state index contributed by atoms with van der Waals surface area (Å²) in [6.45, 7) is 0.669. The molecule has 2 aliphatic heterocycles. The minimum absolute atomic E-state index is 0.162. The second-order valence-electron chi connectivity index (χ2n) is 5.46. The maximum atomic E-state index is 12.3. The Morgan fingerprint density at radius 3 is 2.79 bits per heavy atom. The van der Waals surface area contributed by atoms with Crippen molar-refractivity contribution in [2.45, 2.75) is 12.5 Å². The number of likely N-dealkylation sites (tertiary alicyclic amines) is 1. The normalized spacial score (nSPS) is 20.8. The standard InChI is InChI=1S/C15H14Cl2N2O4S/c16-9-1-2-12(11(17)5-9)23-7-13(20)18-4-3-10(6-18)19-14(21)8-24-15(19)22/h1-2,5,10H,3-4,6-8H2. The van der Waals surface area contributed by atoms with Gasteiger partial charge < -0.3 is 9.64 Å². The second-order valence-corrected chi connectivity index (χ2v) is 7.23. The molecule has 0 aromatic heterocycles. The fourth-order valence-electron chi connectivity index (χ4n) is 2.72. The molecule has 2 saturated heterocycles. The molecule has 3 amide bonds. The lowest BCUT2D eigenvalue weighted by Crippen LogP contribution is -2.42. The third-order valence-electron chi connectivity index (χ3n) is 3.91. The van der Waals surface area contributed by atoms with Gasteiger partial charge in [0, 0.05) is 18.1 Å². The molecule has 2 heterocycles. The number of rotatable bonds is 4. The summed E-state index contributed by atoms with van der Waals surface area (Å²) in [6.07, 6.45) is 0.589. The van der Waals surface area contributed by atoms with E-state index in [2.05, 4.69) is 0 Å². The lowest BCUT2D eigenvalue weighted by molar-refractivity contribution is -0.133. The third kappa shape index (κ3) is 3.63. The van der Waals surface area contributed by atoms with Gasteiger partial charge >= 0.3 is 0 Å². The number of carbonyl (C=O) groups excluding carboxylic acids is 3. The van der Waals surface area contributed by atoms with E-state index in [4.69, 9.17) is 27.9 Å². The molecule has 1 atom stereocenters. The quantitative estimate of drug-likeness (QED) is 0.792. The number of carbonyl (C=O) groups is 3. The number of halogens is 2. The van der Waals surface area contributed by atoms with Crippen molar-refractivity contribution in [1.82, 2.24) is 9.80 Å². The number of hydrogen-bond acceptors (Lipinski definition) is 5. The lowest BCUT2D eigenvalue weighted by Gasteiger charge is -2.22. The van der Waals surface area contributed by atoms with Crippen LogP contribution in [0.5, 0.6) is 5.75 Å². The summed E-state index contributed by atoms with van der Waals surface area (Å²) in [6, 6.07) is 4.52. The van der Waals surface area contributed by atoms with E-state index < -0.39 is 0 Å². The Kier molecular flexibility index (Phi) is 5.22. The van der Waals surface area contributed by atoms with Crippen LogP contribution in [-0.2, 0) is 9.59 Å². The largest absolute Gasteiger partial charge is 0.482 e. The summed E-state index contributed by atoms with van der Waals surface area (Å²) in [5, 5.41) is 0.585. The van der Waals surface area contributed by atoms with E-state index >= 15 is 0 Å². The molecule has 0 spiro atoms. The molecule has 9 heteroatoms. The number of nitrogens with zero attached hydrogens (tertiary/aromatic N) is 2. The number of hydrogen-bond donors (Lipinski definition) is 0. The highest BCUT2D eigenvalue weighted by atomic mass is 35.5. The Morgan fingerprint density at radius 2 is 2.12 bits per heavy atom. The van der Waals surface area contributed by atoms with Crippen LogP contribution in [0.15, 0.2) is 18.2 Å². The van der Waals surface area contributed by atoms with Crippen molar-refractivity contribution >= 4 is 52.0 Å². The molecule has 1 aromatic rings. The summed E-state index contributed by atoms with van der Waals surface area (Å²) in [5.74, 6) is 0.164. The van der Waals surface area contributed by atoms with Gasteiger partial charge in [-0.2, -0.15) is 0 Å². The van der Waals surface area contributed by atoms with Crippen molar-refractivity contribution in [3.05, 3.63) is 28.2 Å². The van der Waals surface area contributed by atoms with E-state index in [-0.39, 0.29) is 35.5 Å². The molecule has 128 valence electrons. The summed E-state index contributed by atoms with van der Waals surface area (Å²) in [7, 11) is 0. The third-order valence-corrected chi connectivity index (χ3v) is 5.28. The molecule has 1 aromatic carbocycles. The van der Waals surface area contributed by atoms with Gasteiger partial charge in [0.2, 0.25) is 5.91 Å². The molecule has 0 aliphatic carbocycles. The van der Waals surface area contributed by atoms with Crippen LogP contribution in [-0.4, -0.2) is 58.3 Å². The van der Waals surface area contributed by atoms with Crippen molar-refractivity contribution in [2.75, 3.05) is 25.4 Å². The molecule has 2 fully saturated rings. The van der Waals surface area contributed by atoms with Crippen molar-refractivity contribution in [2.24, 2.45) is 0 Å². The number of amides is 3. The van der Waals surface area contributed by atoms with Crippen molar-refractivity contribution in [3.63, 3.8) is 0 Å². The first-order chi connectivity index (χ1) is 11.5. The van der Waals surface area contributed by atoms with E-state index in [9.17, 15) is 14.4 Å². The predicted octanol–water partition coefficient (Wildman–Crippen LogP) is 2.67. The van der Waals surface area contributed by atoms with Crippen LogP contribution in [0.25, 0.3) is 0 Å². The Balaban J connectivity index is 1.55. The van der Waals surface area contributed by atoms with Crippen molar-refractivity contribution in [3.8, 4) is 5.75 Å². The van der Waals surface area contributed by atoms with Gasteiger partial charge in [0.1, 0.15) is 5.75 Å². The predicted molar refractivity (Wildman–Crippen MR) is 91.6 cm³/mol. The van der Waals surface area contributed by atoms with Crippen LogP contribution in [0.2, 0.25) is 10.0 Å². The SMILES string of the molecule is O=C(COc1ccc(Cl)cc1Cl)N1CCC(N2C(=O)CSC2=O)C1. The van der Waals surface area contributed by atoms with Crippen LogP contribution in [0.4, 0.5) is 4.79 Å². The summed E-state index contributed by atoms with van der Waals surface area (Å²) >= 11 is 12.8. The highest BCUT2D eigenvalue weighted by Gasteiger charge is 2.40. The smallest absolute Gasteiger partial charge is 0.289 e. The second kappa shape index (κ2) is 7.21. The highest BCUT2D eigenvalue weighted by molar-refractivity contribution is 8.14. The van der Waals surface area contributed by atoms with Gasteiger partial charge in [0.05, 0.1) is 16.8 Å². The average Bonchev–Trinajstić information content (AvgIpc) is 3.13. The maximum Gasteiger partial charge on any atom is 0.289 e. The van der Waals surface area contributed by atoms with E-state index in [1.807, 2.05) is 0 Å². The van der Waals surface area contributed by atoms with Crippen molar-refractivity contribution in [1.29, 1.82) is 0 Å². The Morgan fingerprint density at radius 1 is 1.33 bits per heavy atom. The van der Waals surface area contributed by atoms with Gasteiger partial charge in [-0.25, -0.2) is 0 Å². The minimum atomic E-state index is -0.247. The molecule has 0 bridgehead atoms. The topological polar surface area (TPSA) is 66.9 Å². The van der Waals surface area contributed by atoms with Crippen LogP contribution >= 0.6 is 35.0 Å². The van der Waals surface area contributed by atoms with Crippen LogP contribution in [0.3, 0.4) is 0 Å². The number of thioether (sulfide) groups is 1. The molecular weight excluding hydrogens is 375 g/mol. The van der Waals surface area contributed by atoms with Crippen molar-refractivity contribution < 1.29 is 19.1 Å². The molecule has 3 rings (SSSR count). The molecule has 24 heavy (non-hydrogen) atoms. The van der Waals surface area contributed by atoms with Gasteiger partial charge in [-0.1, -0.05) is 35.0 Å². The maximum absolute atomic E-state index is 12.3. The first-order valence-electron chi connectivity index (χ1n) is 7.30. The van der Waals surface area contributed by atoms with Gasteiger partial charge in [-0.15, -0.1) is 0 Å². The molecular formula is C15H14Cl2N2O4S. The van der Waals surface area contributed by atoms with Crippen LogP contribution < -0.4 is 4.74 Å². The molecule has 6 nitrogen and oxygen atoms in total. The zero-order valence-electron chi connectivity index (χ0n) is 12.5. The van der Waals surface area contributed by atoms with Gasteiger partial charge in [-0.3, -0.25) is 19.3 Å². The first kappa shape index (κ1) is 17.4. The van der Waals surface area contributed by atoms with E-state index in [0.29, 0.717) is 35.3 Å².